The maximum atomic E-state index is 6.16. The zero-order valence-corrected chi connectivity index (χ0v) is 7.80. The molecule has 1 unspecified atom stereocenters. The second-order valence-corrected chi connectivity index (χ2v) is 3.51. The summed E-state index contributed by atoms with van der Waals surface area (Å²) >= 11 is 0. The van der Waals surface area contributed by atoms with Gasteiger partial charge in [-0.1, -0.05) is 24.3 Å². The summed E-state index contributed by atoms with van der Waals surface area (Å²) in [6, 6.07) is 1.84. The second kappa shape index (κ2) is 3.67. The standard InChI is InChI=1S/C10H12N4/c11-10(5-2-1-3-6-10)8-9-4-7-12-14-13-9/h1-5,7H,6,8,11H2. The lowest BCUT2D eigenvalue weighted by molar-refractivity contribution is 0.516. The minimum Gasteiger partial charge on any atom is -0.321 e. The van der Waals surface area contributed by atoms with Crippen LogP contribution in [-0.4, -0.2) is 20.9 Å². The van der Waals surface area contributed by atoms with E-state index >= 15 is 0 Å². The molecule has 0 saturated heterocycles. The fourth-order valence-corrected chi connectivity index (χ4v) is 1.51. The Hall–Kier alpha value is -1.55. The van der Waals surface area contributed by atoms with Crippen molar-refractivity contribution in [2.75, 3.05) is 0 Å². The molecule has 0 spiro atoms. The van der Waals surface area contributed by atoms with Crippen molar-refractivity contribution in [3.8, 4) is 0 Å². The molecule has 0 aromatic carbocycles. The molecule has 1 aliphatic rings. The van der Waals surface area contributed by atoms with Crippen LogP contribution in [-0.2, 0) is 6.42 Å². The molecular weight excluding hydrogens is 176 g/mol. The highest BCUT2D eigenvalue weighted by atomic mass is 15.3. The Kier molecular flexibility index (Phi) is 2.37. The van der Waals surface area contributed by atoms with Crippen molar-refractivity contribution >= 4 is 0 Å². The Morgan fingerprint density at radius 1 is 1.43 bits per heavy atom. The molecule has 0 aliphatic heterocycles. The molecule has 1 aromatic heterocycles. The predicted molar refractivity (Wildman–Crippen MR) is 53.3 cm³/mol. The first-order valence-electron chi connectivity index (χ1n) is 4.55. The Morgan fingerprint density at radius 2 is 2.36 bits per heavy atom. The van der Waals surface area contributed by atoms with Crippen molar-refractivity contribution in [2.45, 2.75) is 18.4 Å². The lowest BCUT2D eigenvalue weighted by Gasteiger charge is -2.25. The van der Waals surface area contributed by atoms with Gasteiger partial charge in [-0.05, 0) is 17.7 Å². The lowest BCUT2D eigenvalue weighted by atomic mass is 9.88. The van der Waals surface area contributed by atoms with Crippen LogP contribution in [0.1, 0.15) is 12.1 Å². The predicted octanol–water partition coefficient (Wildman–Crippen LogP) is 0.628. The Labute approximate surface area is 82.5 Å². The van der Waals surface area contributed by atoms with Crippen LogP contribution in [0.5, 0.6) is 0 Å². The van der Waals surface area contributed by atoms with Crippen LogP contribution in [0.3, 0.4) is 0 Å². The second-order valence-electron chi connectivity index (χ2n) is 3.51. The van der Waals surface area contributed by atoms with Crippen molar-refractivity contribution in [1.29, 1.82) is 0 Å². The van der Waals surface area contributed by atoms with Gasteiger partial charge in [-0.15, -0.1) is 10.2 Å². The quantitative estimate of drug-likeness (QED) is 0.739. The van der Waals surface area contributed by atoms with E-state index in [0.717, 1.165) is 12.1 Å². The van der Waals surface area contributed by atoms with Gasteiger partial charge in [0.15, 0.2) is 0 Å². The third-order valence-electron chi connectivity index (χ3n) is 2.24. The maximum Gasteiger partial charge on any atom is 0.0686 e. The summed E-state index contributed by atoms with van der Waals surface area (Å²) < 4.78 is 0. The van der Waals surface area contributed by atoms with E-state index in [4.69, 9.17) is 5.73 Å². The molecule has 2 N–H and O–H groups in total. The first-order valence-corrected chi connectivity index (χ1v) is 4.55. The van der Waals surface area contributed by atoms with Gasteiger partial charge in [0.05, 0.1) is 11.9 Å². The average molecular weight is 188 g/mol. The molecule has 4 nitrogen and oxygen atoms in total. The van der Waals surface area contributed by atoms with Crippen molar-refractivity contribution in [3.63, 3.8) is 0 Å². The van der Waals surface area contributed by atoms with E-state index < -0.39 is 0 Å². The van der Waals surface area contributed by atoms with E-state index in [1.165, 1.54) is 0 Å². The average Bonchev–Trinajstić information content (AvgIpc) is 2.19. The SMILES string of the molecule is NC1(Cc2ccnnn2)C=CC=CC1. The van der Waals surface area contributed by atoms with E-state index in [9.17, 15) is 0 Å². The van der Waals surface area contributed by atoms with Crippen LogP contribution in [0.4, 0.5) is 0 Å². The molecule has 1 aromatic rings. The Morgan fingerprint density at radius 3 is 3.00 bits per heavy atom. The van der Waals surface area contributed by atoms with Gasteiger partial charge < -0.3 is 5.73 Å². The topological polar surface area (TPSA) is 64.7 Å². The van der Waals surface area contributed by atoms with Crippen LogP contribution in [0.15, 0.2) is 36.6 Å². The van der Waals surface area contributed by atoms with Crippen molar-refractivity contribution < 1.29 is 0 Å². The number of nitrogens with zero attached hydrogens (tertiary/aromatic N) is 3. The molecule has 0 radical (unpaired) electrons. The minimum absolute atomic E-state index is 0.315. The zero-order valence-electron chi connectivity index (χ0n) is 7.80. The molecule has 1 atom stereocenters. The summed E-state index contributed by atoms with van der Waals surface area (Å²) in [6.45, 7) is 0. The molecule has 2 rings (SSSR count). The normalized spacial score (nSPS) is 25.2. The monoisotopic (exact) mass is 188 g/mol. The fourth-order valence-electron chi connectivity index (χ4n) is 1.51. The maximum absolute atomic E-state index is 6.16. The number of allylic oxidation sites excluding steroid dienone is 2. The third kappa shape index (κ3) is 2.03. The van der Waals surface area contributed by atoms with E-state index in [2.05, 4.69) is 21.5 Å². The van der Waals surface area contributed by atoms with Gasteiger partial charge in [0, 0.05) is 12.0 Å². The number of hydrogen-bond acceptors (Lipinski definition) is 4. The number of aromatic nitrogens is 3. The summed E-state index contributed by atoms with van der Waals surface area (Å²) in [5.41, 5.74) is 6.73. The summed E-state index contributed by atoms with van der Waals surface area (Å²) in [7, 11) is 0. The lowest BCUT2D eigenvalue weighted by Crippen LogP contribution is -2.40. The molecule has 0 saturated carbocycles. The van der Waals surface area contributed by atoms with Crippen molar-refractivity contribution in [3.05, 3.63) is 42.3 Å². The third-order valence-corrected chi connectivity index (χ3v) is 2.24. The number of hydrogen-bond donors (Lipinski definition) is 1. The van der Waals surface area contributed by atoms with Crippen LogP contribution in [0, 0.1) is 0 Å². The van der Waals surface area contributed by atoms with Gasteiger partial charge in [-0.25, -0.2) is 0 Å². The number of nitrogens with two attached hydrogens (primary N) is 1. The van der Waals surface area contributed by atoms with Gasteiger partial charge in [0.1, 0.15) is 0 Å². The molecule has 72 valence electrons. The van der Waals surface area contributed by atoms with Crippen LogP contribution >= 0.6 is 0 Å². The molecule has 0 bridgehead atoms. The summed E-state index contributed by atoms with van der Waals surface area (Å²) in [6.07, 6.45) is 11.2. The van der Waals surface area contributed by atoms with E-state index in [-0.39, 0.29) is 5.54 Å². The Balaban J connectivity index is 2.11. The van der Waals surface area contributed by atoms with E-state index in [1.54, 1.807) is 6.20 Å². The van der Waals surface area contributed by atoms with Crippen LogP contribution in [0.2, 0.25) is 0 Å². The van der Waals surface area contributed by atoms with Gasteiger partial charge in [-0.2, -0.15) is 0 Å². The molecule has 4 heteroatoms. The van der Waals surface area contributed by atoms with Crippen LogP contribution in [0.25, 0.3) is 0 Å². The zero-order chi connectivity index (χ0) is 9.86. The van der Waals surface area contributed by atoms with Crippen LogP contribution < -0.4 is 5.73 Å². The highest BCUT2D eigenvalue weighted by Gasteiger charge is 2.22. The van der Waals surface area contributed by atoms with Crippen molar-refractivity contribution in [2.24, 2.45) is 5.73 Å². The molecule has 1 aliphatic carbocycles. The van der Waals surface area contributed by atoms with Gasteiger partial charge >= 0.3 is 0 Å². The largest absolute Gasteiger partial charge is 0.321 e. The molecular formula is C10H12N4. The molecule has 1 heterocycles. The van der Waals surface area contributed by atoms with Gasteiger partial charge in [0.25, 0.3) is 0 Å². The summed E-state index contributed by atoms with van der Waals surface area (Å²) in [4.78, 5) is 0. The molecule has 14 heavy (non-hydrogen) atoms. The molecule has 0 fully saturated rings. The summed E-state index contributed by atoms with van der Waals surface area (Å²) in [5.74, 6) is 0. The Bertz CT molecular complexity index is 358. The molecule has 0 amide bonds. The van der Waals surface area contributed by atoms with Gasteiger partial charge in [0.2, 0.25) is 0 Å². The first kappa shape index (κ1) is 9.02. The van der Waals surface area contributed by atoms with E-state index in [1.807, 2.05) is 24.3 Å². The highest BCUT2D eigenvalue weighted by molar-refractivity contribution is 5.22. The smallest absolute Gasteiger partial charge is 0.0686 e. The number of rotatable bonds is 2. The fraction of sp³-hybridized carbons (Fsp3) is 0.300. The summed E-state index contributed by atoms with van der Waals surface area (Å²) in [5, 5.41) is 11.1. The van der Waals surface area contributed by atoms with E-state index in [0.29, 0.717) is 6.42 Å². The first-order chi connectivity index (χ1) is 6.79. The van der Waals surface area contributed by atoms with Gasteiger partial charge in [-0.3, -0.25) is 0 Å². The minimum atomic E-state index is -0.315. The van der Waals surface area contributed by atoms with Crippen molar-refractivity contribution in [1.82, 2.24) is 15.4 Å². The highest BCUT2D eigenvalue weighted by Crippen LogP contribution is 2.18.